The fourth-order valence-corrected chi connectivity index (χ4v) is 2.88. The lowest BCUT2D eigenvalue weighted by molar-refractivity contribution is 0.0205. The molecule has 6 heteroatoms. The number of unbranched alkanes of at least 4 members (excludes halogenated alkanes) is 1. The number of hydroxylamine groups is 1. The molecule has 22 heavy (non-hydrogen) atoms. The Kier molecular flexibility index (Phi) is 7.22. The van der Waals surface area contributed by atoms with Crippen LogP contribution in [0.5, 0.6) is 0 Å². The lowest BCUT2D eigenvalue weighted by atomic mass is 10.0. The van der Waals surface area contributed by atoms with Crippen molar-refractivity contribution < 1.29 is 20.5 Å². The highest BCUT2D eigenvalue weighted by Crippen LogP contribution is 2.26. The number of hydrogen-bond acceptors (Lipinski definition) is 5. The normalized spacial score (nSPS) is 11.2. The summed E-state index contributed by atoms with van der Waals surface area (Å²) in [4.78, 5) is 29.4. The van der Waals surface area contributed by atoms with Crippen LogP contribution in [-0.2, 0) is 22.4 Å². The van der Waals surface area contributed by atoms with Crippen LogP contribution in [0, 0.1) is 5.92 Å². The summed E-state index contributed by atoms with van der Waals surface area (Å²) >= 11 is 1.46. The van der Waals surface area contributed by atoms with Gasteiger partial charge in [-0.25, -0.2) is 9.59 Å². The molecule has 5 nitrogen and oxygen atoms in total. The molecule has 1 amide bonds. The topological polar surface area (TPSA) is 64.6 Å². The van der Waals surface area contributed by atoms with Crippen LogP contribution in [0.4, 0.5) is 4.79 Å². The second-order valence-electron chi connectivity index (χ2n) is 5.39. The van der Waals surface area contributed by atoms with Crippen LogP contribution in [-0.4, -0.2) is 18.7 Å². The Morgan fingerprint density at radius 2 is 2.23 bits per heavy atom. The molecule has 0 aliphatic carbocycles. The Hall–Kier alpha value is -1.56. The van der Waals surface area contributed by atoms with Crippen LogP contribution in [0.3, 0.4) is 0 Å². The summed E-state index contributed by atoms with van der Waals surface area (Å²) in [6.07, 6.45) is 2.15. The number of carbonyl (C=O) groups excluding carboxylic acids is 2. The maximum absolute atomic E-state index is 12.3. The number of carbonyl (C=O) groups is 2. The molecule has 1 N–H and O–H groups in total. The molecular formula is C16H25NO4S. The van der Waals surface area contributed by atoms with E-state index in [1.165, 1.54) is 11.3 Å². The van der Waals surface area contributed by atoms with E-state index in [2.05, 4.69) is 13.8 Å². The summed E-state index contributed by atoms with van der Waals surface area (Å²) in [7, 11) is 0. The van der Waals surface area contributed by atoms with Gasteiger partial charge in [0.1, 0.15) is 0 Å². The van der Waals surface area contributed by atoms with Crippen molar-refractivity contribution in [2.45, 2.75) is 53.4 Å². The maximum Gasteiger partial charge on any atom is 0.440 e. The predicted molar refractivity (Wildman–Crippen MR) is 87.0 cm³/mol. The van der Waals surface area contributed by atoms with Gasteiger partial charge in [-0.15, -0.1) is 16.8 Å². The number of rotatable bonds is 7. The third kappa shape index (κ3) is 5.67. The van der Waals surface area contributed by atoms with Gasteiger partial charge in [0.2, 0.25) is 0 Å². The summed E-state index contributed by atoms with van der Waals surface area (Å²) in [6, 6.07) is 0. The Bertz CT molecular complexity index is 516. The van der Waals surface area contributed by atoms with Gasteiger partial charge in [-0.3, -0.25) is 0 Å². The van der Waals surface area contributed by atoms with Crippen molar-refractivity contribution in [1.82, 2.24) is 5.48 Å². The van der Waals surface area contributed by atoms with E-state index >= 15 is 0 Å². The van der Waals surface area contributed by atoms with Crippen molar-refractivity contribution in [1.29, 1.82) is 0 Å². The maximum atomic E-state index is 12.3. The minimum atomic E-state index is -0.769. The van der Waals surface area contributed by atoms with Crippen LogP contribution in [0.15, 0.2) is 5.38 Å². The van der Waals surface area contributed by atoms with Crippen LogP contribution < -0.4 is 5.48 Å². The van der Waals surface area contributed by atoms with Gasteiger partial charge in [-0.1, -0.05) is 34.1 Å². The Labute approximate surface area is 137 Å². The van der Waals surface area contributed by atoms with Crippen LogP contribution in [0.1, 0.15) is 62.7 Å². The van der Waals surface area contributed by atoms with Crippen molar-refractivity contribution in [3.05, 3.63) is 21.4 Å². The third-order valence-corrected chi connectivity index (χ3v) is 4.06. The van der Waals surface area contributed by atoms with E-state index in [0.29, 0.717) is 24.5 Å². The number of nitrogens with one attached hydrogen (secondary N) is 1. The van der Waals surface area contributed by atoms with Crippen molar-refractivity contribution in [3.63, 3.8) is 0 Å². The van der Waals surface area contributed by atoms with E-state index in [-0.39, 0.29) is 6.90 Å². The molecule has 124 valence electrons. The summed E-state index contributed by atoms with van der Waals surface area (Å²) < 4.78 is 12.2. The zero-order valence-corrected chi connectivity index (χ0v) is 14.3. The van der Waals surface area contributed by atoms with Gasteiger partial charge in [-0.2, -0.15) is 0 Å². The molecule has 0 aliphatic rings. The number of thiophene rings is 1. The second-order valence-corrected chi connectivity index (χ2v) is 6.35. The quantitative estimate of drug-likeness (QED) is 0.604. The van der Waals surface area contributed by atoms with E-state index in [1.807, 2.05) is 17.8 Å². The monoisotopic (exact) mass is 329 g/mol. The molecular weight excluding hydrogens is 302 g/mol. The lowest BCUT2D eigenvalue weighted by Crippen LogP contribution is -2.28. The fraction of sp³-hybridized carbons (Fsp3) is 0.625. The van der Waals surface area contributed by atoms with E-state index in [4.69, 9.17) is 10.9 Å². The van der Waals surface area contributed by atoms with Gasteiger partial charge in [-0.05, 0) is 36.1 Å². The number of ether oxygens (including phenoxy) is 1. The third-order valence-electron chi connectivity index (χ3n) is 2.96. The molecule has 1 rings (SSSR count). The van der Waals surface area contributed by atoms with Crippen LogP contribution in [0.25, 0.3) is 0 Å². The minimum Gasteiger partial charge on any atom is -0.447 e. The molecule has 0 spiro atoms. The smallest absolute Gasteiger partial charge is 0.440 e. The highest BCUT2D eigenvalue weighted by atomic mass is 32.1. The van der Waals surface area contributed by atoms with Crippen LogP contribution in [0.2, 0.25) is 0 Å². The van der Waals surface area contributed by atoms with Gasteiger partial charge in [0.15, 0.2) is 0 Å². The van der Waals surface area contributed by atoms with Crippen molar-refractivity contribution >= 4 is 23.4 Å². The summed E-state index contributed by atoms with van der Waals surface area (Å²) in [6.45, 7) is 6.62. The molecule has 0 saturated carbocycles. The highest BCUT2D eigenvalue weighted by molar-refractivity contribution is 7.10. The molecule has 0 radical (unpaired) electrons. The molecule has 1 aromatic heterocycles. The Morgan fingerprint density at radius 3 is 2.86 bits per heavy atom. The molecule has 0 aliphatic heterocycles. The molecule has 0 fully saturated rings. The first-order chi connectivity index (χ1) is 11.0. The SMILES string of the molecule is [3H]CCc1scc(CC(C)C)c1C(=O)ONC(=O)OCCCC. The minimum absolute atomic E-state index is 0.203. The number of aryl methyl sites for hydroxylation is 1. The summed E-state index contributed by atoms with van der Waals surface area (Å²) in [5, 5.41) is 1.93. The van der Waals surface area contributed by atoms with E-state index in [1.54, 1.807) is 0 Å². The van der Waals surface area contributed by atoms with Crippen molar-refractivity contribution in [2.75, 3.05) is 6.61 Å². The molecule has 0 atom stereocenters. The van der Waals surface area contributed by atoms with Crippen molar-refractivity contribution in [2.24, 2.45) is 5.92 Å². The van der Waals surface area contributed by atoms with Gasteiger partial charge in [0.25, 0.3) is 0 Å². The van der Waals surface area contributed by atoms with E-state index < -0.39 is 12.1 Å². The van der Waals surface area contributed by atoms with Gasteiger partial charge in [0, 0.05) is 6.25 Å². The average Bonchev–Trinajstić information content (AvgIpc) is 2.87. The molecule has 1 heterocycles. The Balaban J connectivity index is 2.69. The van der Waals surface area contributed by atoms with E-state index in [9.17, 15) is 9.59 Å². The zero-order chi connectivity index (χ0) is 17.2. The molecule has 1 aromatic rings. The van der Waals surface area contributed by atoms with Crippen LogP contribution >= 0.6 is 11.3 Å². The van der Waals surface area contributed by atoms with Crippen molar-refractivity contribution in [3.8, 4) is 0 Å². The first kappa shape index (κ1) is 16.8. The lowest BCUT2D eigenvalue weighted by Gasteiger charge is -2.09. The Morgan fingerprint density at radius 1 is 1.45 bits per heavy atom. The molecule has 0 saturated heterocycles. The highest BCUT2D eigenvalue weighted by Gasteiger charge is 2.21. The fourth-order valence-electron chi connectivity index (χ4n) is 1.94. The first-order valence-electron chi connectivity index (χ1n) is 8.22. The second kappa shape index (κ2) is 9.46. The number of hydrogen-bond donors (Lipinski definition) is 1. The van der Waals surface area contributed by atoms with Gasteiger partial charge in [0.05, 0.1) is 12.2 Å². The molecule has 0 unspecified atom stereocenters. The number of amides is 1. The van der Waals surface area contributed by atoms with E-state index in [0.717, 1.165) is 29.7 Å². The molecule has 0 bridgehead atoms. The van der Waals surface area contributed by atoms with Gasteiger partial charge < -0.3 is 9.57 Å². The zero-order valence-electron chi connectivity index (χ0n) is 14.4. The predicted octanol–water partition coefficient (Wildman–Crippen LogP) is 4.11. The molecule has 0 aromatic carbocycles. The first-order valence-corrected chi connectivity index (χ1v) is 8.39. The average molecular weight is 329 g/mol. The largest absolute Gasteiger partial charge is 0.447 e. The standard InChI is InChI=1S/C16H25NO4S/c1-5-7-8-20-16(19)17-21-15(18)14-12(9-11(3)4)10-22-13(14)6-2/h10-11H,5-9H2,1-4H3,(H,17,19)/i2T. The summed E-state index contributed by atoms with van der Waals surface area (Å²) in [5.74, 6) is -0.204. The summed E-state index contributed by atoms with van der Waals surface area (Å²) in [5.41, 5.74) is 3.41. The van der Waals surface area contributed by atoms with Gasteiger partial charge >= 0.3 is 12.1 Å².